The van der Waals surface area contributed by atoms with E-state index in [0.717, 1.165) is 6.54 Å². The number of aromatic nitrogens is 1. The molecular formula is C14H21ClN4O3. The Morgan fingerprint density at radius 2 is 2.09 bits per heavy atom. The van der Waals surface area contributed by atoms with Crippen molar-refractivity contribution in [2.45, 2.75) is 6.54 Å². The van der Waals surface area contributed by atoms with Crippen LogP contribution in [0.3, 0.4) is 0 Å². The topological polar surface area (TPSA) is 79.5 Å². The van der Waals surface area contributed by atoms with E-state index in [0.29, 0.717) is 23.3 Å². The number of rotatable bonds is 6. The van der Waals surface area contributed by atoms with Crippen molar-refractivity contribution in [3.8, 4) is 0 Å². The summed E-state index contributed by atoms with van der Waals surface area (Å²) in [5, 5.41) is 5.55. The molecule has 1 aromatic heterocycles. The van der Waals surface area contributed by atoms with E-state index >= 15 is 0 Å². The Labute approximate surface area is 134 Å². The summed E-state index contributed by atoms with van der Waals surface area (Å²) >= 11 is 0. The first-order chi connectivity index (χ1) is 10.0. The lowest BCUT2D eigenvalue weighted by molar-refractivity contribution is -0.115. The highest BCUT2D eigenvalue weighted by atomic mass is 35.5. The van der Waals surface area contributed by atoms with E-state index < -0.39 is 0 Å². The number of nitrogens with one attached hydrogen (secondary N) is 2. The fourth-order valence-electron chi connectivity index (χ4n) is 2.02. The summed E-state index contributed by atoms with van der Waals surface area (Å²) in [4.78, 5) is 25.4. The molecule has 1 amide bonds. The van der Waals surface area contributed by atoms with E-state index in [1.165, 1.54) is 0 Å². The number of amides is 1. The number of hydrogen-bond donors (Lipinski definition) is 2. The molecule has 0 unspecified atom stereocenters. The Kier molecular flexibility index (Phi) is 6.61. The molecule has 1 heterocycles. The molecule has 0 aliphatic carbocycles. The molecule has 2 N–H and O–H groups in total. The minimum atomic E-state index is -0.384. The summed E-state index contributed by atoms with van der Waals surface area (Å²) in [6.45, 7) is 1.49. The van der Waals surface area contributed by atoms with Gasteiger partial charge in [0.05, 0.1) is 12.1 Å². The minimum Gasteiger partial charge on any atom is -0.408 e. The van der Waals surface area contributed by atoms with Gasteiger partial charge in [0.15, 0.2) is 5.58 Å². The predicted octanol–water partition coefficient (Wildman–Crippen LogP) is 0.736. The SMILES string of the molecule is CNCC(=O)Nc1ccc2oc(=O)n(CCN(C)C)c2c1.Cl. The molecule has 0 saturated carbocycles. The normalized spacial score (nSPS) is 10.7. The lowest BCUT2D eigenvalue weighted by atomic mass is 10.2. The molecule has 122 valence electrons. The van der Waals surface area contributed by atoms with Gasteiger partial charge < -0.3 is 20.0 Å². The molecule has 0 atom stereocenters. The molecule has 1 aromatic carbocycles. The van der Waals surface area contributed by atoms with Crippen molar-refractivity contribution in [2.24, 2.45) is 0 Å². The van der Waals surface area contributed by atoms with E-state index in [1.54, 1.807) is 29.8 Å². The zero-order chi connectivity index (χ0) is 15.4. The first-order valence-electron chi connectivity index (χ1n) is 6.74. The van der Waals surface area contributed by atoms with Crippen molar-refractivity contribution < 1.29 is 9.21 Å². The summed E-state index contributed by atoms with van der Waals surface area (Å²) in [6.07, 6.45) is 0. The van der Waals surface area contributed by atoms with Gasteiger partial charge in [-0.3, -0.25) is 9.36 Å². The van der Waals surface area contributed by atoms with E-state index in [2.05, 4.69) is 10.6 Å². The second kappa shape index (κ2) is 7.98. The molecule has 7 nitrogen and oxygen atoms in total. The number of carbonyl (C=O) groups is 1. The highest BCUT2D eigenvalue weighted by molar-refractivity contribution is 5.94. The van der Waals surface area contributed by atoms with Crippen LogP contribution in [0.15, 0.2) is 27.4 Å². The first-order valence-corrected chi connectivity index (χ1v) is 6.74. The Hall–Kier alpha value is -1.83. The van der Waals surface area contributed by atoms with Gasteiger partial charge >= 0.3 is 5.76 Å². The number of fused-ring (bicyclic) bond motifs is 1. The number of nitrogens with zero attached hydrogens (tertiary/aromatic N) is 2. The van der Waals surface area contributed by atoms with Crippen LogP contribution >= 0.6 is 12.4 Å². The average molecular weight is 329 g/mol. The average Bonchev–Trinajstić information content (AvgIpc) is 2.71. The van der Waals surface area contributed by atoms with Crippen LogP contribution in [0.1, 0.15) is 0 Å². The van der Waals surface area contributed by atoms with Gasteiger partial charge in [-0.1, -0.05) is 0 Å². The van der Waals surface area contributed by atoms with Gasteiger partial charge in [-0.15, -0.1) is 12.4 Å². The number of hydrogen-bond acceptors (Lipinski definition) is 5. The zero-order valence-electron chi connectivity index (χ0n) is 12.9. The molecule has 0 aliphatic heterocycles. The number of oxazole rings is 1. The Balaban J connectivity index is 0.00000242. The largest absolute Gasteiger partial charge is 0.419 e. The maximum atomic E-state index is 11.9. The molecule has 8 heteroatoms. The van der Waals surface area contributed by atoms with Crippen molar-refractivity contribution in [2.75, 3.05) is 39.5 Å². The predicted molar refractivity (Wildman–Crippen MR) is 88.8 cm³/mol. The van der Waals surface area contributed by atoms with Crippen molar-refractivity contribution in [1.29, 1.82) is 0 Å². The number of benzene rings is 1. The minimum absolute atomic E-state index is 0. The van der Waals surface area contributed by atoms with E-state index in [1.807, 2.05) is 19.0 Å². The highest BCUT2D eigenvalue weighted by Crippen LogP contribution is 2.18. The summed E-state index contributed by atoms with van der Waals surface area (Å²) in [6, 6.07) is 5.16. The number of carbonyl (C=O) groups excluding carboxylic acids is 1. The zero-order valence-corrected chi connectivity index (χ0v) is 13.7. The fraction of sp³-hybridized carbons (Fsp3) is 0.429. The third-order valence-electron chi connectivity index (χ3n) is 3.06. The van der Waals surface area contributed by atoms with Crippen LogP contribution in [-0.2, 0) is 11.3 Å². The lowest BCUT2D eigenvalue weighted by Crippen LogP contribution is -2.25. The van der Waals surface area contributed by atoms with Crippen LogP contribution in [0.25, 0.3) is 11.1 Å². The number of likely N-dealkylation sites (N-methyl/N-ethyl adjacent to an activating group) is 2. The highest BCUT2D eigenvalue weighted by Gasteiger charge is 2.11. The third kappa shape index (κ3) is 4.33. The second-order valence-corrected chi connectivity index (χ2v) is 5.08. The molecule has 0 aliphatic rings. The van der Waals surface area contributed by atoms with Gasteiger partial charge in [-0.25, -0.2) is 4.79 Å². The van der Waals surface area contributed by atoms with Crippen LogP contribution in [0, 0.1) is 0 Å². The van der Waals surface area contributed by atoms with Gasteiger partial charge in [-0.2, -0.15) is 0 Å². The van der Waals surface area contributed by atoms with Crippen molar-refractivity contribution in [3.05, 3.63) is 28.7 Å². The molecule has 0 spiro atoms. The fourth-order valence-corrected chi connectivity index (χ4v) is 2.02. The van der Waals surface area contributed by atoms with Gasteiger partial charge in [0, 0.05) is 18.8 Å². The lowest BCUT2D eigenvalue weighted by Gasteiger charge is -2.10. The standard InChI is InChI=1S/C14H20N4O3.ClH/c1-15-9-13(19)16-10-4-5-12-11(8-10)18(14(20)21-12)7-6-17(2)3;/h4-5,8,15H,6-7,9H2,1-3H3,(H,16,19);1H. The van der Waals surface area contributed by atoms with Crippen molar-refractivity contribution in [3.63, 3.8) is 0 Å². The van der Waals surface area contributed by atoms with Crippen LogP contribution < -0.4 is 16.4 Å². The molecule has 2 aromatic rings. The van der Waals surface area contributed by atoms with Crippen LogP contribution in [0.4, 0.5) is 5.69 Å². The van der Waals surface area contributed by atoms with Crippen molar-refractivity contribution >= 4 is 35.1 Å². The monoisotopic (exact) mass is 328 g/mol. The first kappa shape index (κ1) is 18.2. The molecule has 0 fully saturated rings. The molecule has 0 bridgehead atoms. The van der Waals surface area contributed by atoms with E-state index in [9.17, 15) is 9.59 Å². The van der Waals surface area contributed by atoms with Crippen LogP contribution in [0.5, 0.6) is 0 Å². The molecule has 0 radical (unpaired) electrons. The van der Waals surface area contributed by atoms with Gasteiger partial charge in [-0.05, 0) is 39.3 Å². The Morgan fingerprint density at radius 3 is 2.73 bits per heavy atom. The molecular weight excluding hydrogens is 308 g/mol. The van der Waals surface area contributed by atoms with Crippen molar-refractivity contribution in [1.82, 2.24) is 14.8 Å². The maximum Gasteiger partial charge on any atom is 0.419 e. The number of anilines is 1. The Morgan fingerprint density at radius 1 is 1.36 bits per heavy atom. The summed E-state index contributed by atoms with van der Waals surface area (Å²) in [7, 11) is 5.59. The van der Waals surface area contributed by atoms with Crippen LogP contribution in [0.2, 0.25) is 0 Å². The smallest absolute Gasteiger partial charge is 0.408 e. The van der Waals surface area contributed by atoms with Gasteiger partial charge in [0.2, 0.25) is 5.91 Å². The van der Waals surface area contributed by atoms with E-state index in [4.69, 9.17) is 4.42 Å². The quantitative estimate of drug-likeness (QED) is 0.817. The van der Waals surface area contributed by atoms with Crippen LogP contribution in [-0.4, -0.2) is 49.6 Å². The maximum absolute atomic E-state index is 11.9. The summed E-state index contributed by atoms with van der Waals surface area (Å²) in [5.74, 6) is -0.520. The third-order valence-corrected chi connectivity index (χ3v) is 3.06. The van der Waals surface area contributed by atoms with Gasteiger partial charge in [0.1, 0.15) is 0 Å². The number of halogens is 1. The van der Waals surface area contributed by atoms with E-state index in [-0.39, 0.29) is 30.6 Å². The second-order valence-electron chi connectivity index (χ2n) is 5.08. The van der Waals surface area contributed by atoms with Gasteiger partial charge in [0.25, 0.3) is 0 Å². The summed E-state index contributed by atoms with van der Waals surface area (Å²) < 4.78 is 6.78. The molecule has 2 rings (SSSR count). The molecule has 0 saturated heterocycles. The molecule has 22 heavy (non-hydrogen) atoms. The summed E-state index contributed by atoms with van der Waals surface area (Å²) in [5.41, 5.74) is 1.84. The Bertz CT molecular complexity index is 693.